The molecule has 0 saturated carbocycles. The van der Waals surface area contributed by atoms with Crippen LogP contribution in [0.3, 0.4) is 0 Å². The van der Waals surface area contributed by atoms with Gasteiger partial charge in [0.05, 0.1) is 0 Å². The lowest BCUT2D eigenvalue weighted by molar-refractivity contribution is -0.0375. The average molecular weight is 157 g/mol. The van der Waals surface area contributed by atoms with Crippen LogP contribution in [0.2, 0.25) is 0 Å². The van der Waals surface area contributed by atoms with Crippen molar-refractivity contribution in [3.63, 3.8) is 0 Å². The third kappa shape index (κ3) is 2.37. The fraction of sp³-hybridized carbons (Fsp3) is 0. The van der Waals surface area contributed by atoms with E-state index >= 15 is 0 Å². The summed E-state index contributed by atoms with van der Waals surface area (Å²) in [7, 11) is -4.69. The summed E-state index contributed by atoms with van der Waals surface area (Å²) in [5.74, 6) is 0. The molecule has 0 radical (unpaired) electrons. The first-order valence-electron chi connectivity index (χ1n) is 1.56. The first kappa shape index (κ1) is 8.30. The van der Waals surface area contributed by atoms with Gasteiger partial charge in [0.2, 0.25) is 0 Å². The molecule has 7 nitrogen and oxygen atoms in total. The van der Waals surface area contributed by atoms with Crippen LogP contribution >= 0.6 is 0 Å². The van der Waals surface area contributed by atoms with E-state index in [0.717, 1.165) is 5.64 Å². The van der Waals surface area contributed by atoms with Crippen LogP contribution in [0.1, 0.15) is 0 Å². The molecule has 0 aliphatic rings. The molecule has 0 rings (SSSR count). The molecule has 0 heterocycles. The Labute approximate surface area is 49.9 Å². The first-order chi connectivity index (χ1) is 4.00. The predicted molar refractivity (Wildman–Crippen MR) is 23.0 cm³/mol. The molecule has 0 aromatic rings. The van der Waals surface area contributed by atoms with Crippen molar-refractivity contribution in [3.05, 3.63) is 0 Å². The van der Waals surface area contributed by atoms with Gasteiger partial charge in [-0.25, -0.2) is 4.79 Å². The number of hydrogen-bond donors (Lipinski definition) is 3. The number of carbonyl (C=O) groups is 1. The second kappa shape index (κ2) is 2.73. The maximum atomic E-state index is 9.89. The smallest absolute Gasteiger partial charge is 0.451 e. The Bertz CT molecular complexity index is 191. The second-order valence-electron chi connectivity index (χ2n) is 0.895. The van der Waals surface area contributed by atoms with Crippen LogP contribution in [0.4, 0.5) is 4.79 Å². The van der Waals surface area contributed by atoms with Crippen LogP contribution in [-0.4, -0.2) is 24.0 Å². The Hall–Kier alpha value is -0.700. The molecule has 0 amide bonds. The van der Waals surface area contributed by atoms with Crippen molar-refractivity contribution in [3.8, 4) is 0 Å². The molecule has 54 valence electrons. The molecule has 0 bridgehead atoms. The number of nitrogens with one attached hydrogen (secondary N) is 1. The van der Waals surface area contributed by atoms with Crippen LogP contribution in [0.5, 0.6) is 0 Å². The molecule has 8 heteroatoms. The van der Waals surface area contributed by atoms with Gasteiger partial charge in [-0.15, -0.1) is 4.28 Å². The Morgan fingerprint density at radius 3 is 2.11 bits per heavy atom. The van der Waals surface area contributed by atoms with E-state index in [2.05, 4.69) is 4.28 Å². The zero-order chi connectivity index (χ0) is 7.49. The minimum Gasteiger partial charge on any atom is -0.468 e. The fourth-order valence-corrected chi connectivity index (χ4v) is 0.254. The van der Waals surface area contributed by atoms with Crippen molar-refractivity contribution < 1.29 is 27.8 Å². The number of rotatable bonds is 2. The van der Waals surface area contributed by atoms with E-state index in [0.29, 0.717) is 0 Å². The highest BCUT2D eigenvalue weighted by molar-refractivity contribution is 8.01. The molecule has 3 N–H and O–H groups in total. The quantitative estimate of drug-likeness (QED) is 0.436. The summed E-state index contributed by atoms with van der Waals surface area (Å²) < 4.78 is 22.9. The van der Waals surface area contributed by atoms with Gasteiger partial charge in [0.25, 0.3) is 0 Å². The normalized spacial score (nSPS) is 11.2. The standard InChI is InChI=1S/CH3NO6S/c3-1(4)9(6,7)8-2-5/h2,5H,(H,3,4). The summed E-state index contributed by atoms with van der Waals surface area (Å²) >= 11 is 0. The first-order valence-corrected chi connectivity index (χ1v) is 2.97. The highest BCUT2D eigenvalue weighted by Crippen LogP contribution is 1.88. The topological polar surface area (TPSA) is 113 Å². The Morgan fingerprint density at radius 2 is 2.00 bits per heavy atom. The molecular formula is CH3NO6S. The Balaban J connectivity index is 4.23. The molecule has 0 aliphatic carbocycles. The lowest BCUT2D eigenvalue weighted by Crippen LogP contribution is -2.22. The minimum atomic E-state index is -4.69. The highest BCUT2D eigenvalue weighted by Gasteiger charge is 2.21. The van der Waals surface area contributed by atoms with Gasteiger partial charge in [0.15, 0.2) is 0 Å². The number of carboxylic acid groups (broad SMARTS) is 1. The third-order valence-electron chi connectivity index (χ3n) is 0.361. The molecule has 0 fully saturated rings. The summed E-state index contributed by atoms with van der Waals surface area (Å²) in [6.45, 7) is 0. The largest absolute Gasteiger partial charge is 0.468 e. The minimum absolute atomic E-state index is 0.721. The van der Waals surface area contributed by atoms with Gasteiger partial charge in [-0.05, 0) is 0 Å². The summed E-state index contributed by atoms with van der Waals surface area (Å²) in [4.78, 5) is 9.55. The van der Waals surface area contributed by atoms with E-state index in [-0.39, 0.29) is 0 Å². The average Bonchev–Trinajstić information content (AvgIpc) is 1.65. The molecule has 9 heavy (non-hydrogen) atoms. The van der Waals surface area contributed by atoms with Crippen LogP contribution in [0.15, 0.2) is 0 Å². The summed E-state index contributed by atoms with van der Waals surface area (Å²) in [5, 5.41) is 13.1. The van der Waals surface area contributed by atoms with Crippen molar-refractivity contribution in [2.24, 2.45) is 0 Å². The monoisotopic (exact) mass is 157 g/mol. The van der Waals surface area contributed by atoms with Crippen molar-refractivity contribution in [2.75, 3.05) is 0 Å². The van der Waals surface area contributed by atoms with Gasteiger partial charge in [-0.2, -0.15) is 8.42 Å². The van der Waals surface area contributed by atoms with Crippen molar-refractivity contribution in [1.29, 1.82) is 0 Å². The number of hydrogen-bond acceptors (Lipinski definition) is 6. The highest BCUT2D eigenvalue weighted by atomic mass is 32.2. The van der Waals surface area contributed by atoms with Crippen LogP contribution in [0, 0.1) is 0 Å². The van der Waals surface area contributed by atoms with E-state index in [1.54, 1.807) is 0 Å². The van der Waals surface area contributed by atoms with Crippen molar-refractivity contribution >= 4 is 15.4 Å². The molecule has 0 atom stereocenters. The van der Waals surface area contributed by atoms with Crippen molar-refractivity contribution in [1.82, 2.24) is 5.64 Å². The molecule has 0 unspecified atom stereocenters. The van der Waals surface area contributed by atoms with E-state index in [4.69, 9.17) is 10.3 Å². The lowest BCUT2D eigenvalue weighted by atomic mass is 11.6. The second-order valence-corrected chi connectivity index (χ2v) is 2.32. The Morgan fingerprint density at radius 1 is 1.56 bits per heavy atom. The van der Waals surface area contributed by atoms with E-state index in [1.807, 2.05) is 0 Å². The van der Waals surface area contributed by atoms with Gasteiger partial charge in [0, 0.05) is 0 Å². The summed E-state index contributed by atoms with van der Waals surface area (Å²) in [6.07, 6.45) is 0. The molecule has 0 aliphatic heterocycles. The van der Waals surface area contributed by atoms with Gasteiger partial charge >= 0.3 is 15.4 Å². The van der Waals surface area contributed by atoms with Crippen LogP contribution in [-0.2, 0) is 14.4 Å². The van der Waals surface area contributed by atoms with E-state index < -0.39 is 15.4 Å². The zero-order valence-electron chi connectivity index (χ0n) is 3.94. The molecular weight excluding hydrogens is 154 g/mol. The lowest BCUT2D eigenvalue weighted by Gasteiger charge is -1.92. The zero-order valence-corrected chi connectivity index (χ0v) is 4.75. The Kier molecular flexibility index (Phi) is 2.52. The molecule has 0 spiro atoms. The van der Waals surface area contributed by atoms with Gasteiger partial charge in [-0.3, -0.25) is 5.21 Å². The van der Waals surface area contributed by atoms with Gasteiger partial charge in [-0.1, -0.05) is 5.64 Å². The maximum Gasteiger partial charge on any atom is 0.451 e. The molecule has 0 saturated heterocycles. The van der Waals surface area contributed by atoms with Gasteiger partial charge < -0.3 is 5.11 Å². The van der Waals surface area contributed by atoms with E-state index in [1.165, 1.54) is 0 Å². The van der Waals surface area contributed by atoms with Crippen LogP contribution < -0.4 is 5.64 Å². The van der Waals surface area contributed by atoms with Gasteiger partial charge in [0.1, 0.15) is 0 Å². The molecule has 0 aromatic heterocycles. The fourth-order valence-electron chi connectivity index (χ4n) is 0.0847. The molecule has 0 aromatic carbocycles. The SMILES string of the molecule is O=C(O)S(=O)(=O)ONO. The predicted octanol–water partition coefficient (Wildman–Crippen LogP) is -1.10. The maximum absolute atomic E-state index is 9.89. The summed E-state index contributed by atoms with van der Waals surface area (Å²) in [5.41, 5.74) is 0.721. The van der Waals surface area contributed by atoms with Crippen LogP contribution in [0.25, 0.3) is 0 Å². The summed E-state index contributed by atoms with van der Waals surface area (Å²) in [6, 6.07) is 0. The van der Waals surface area contributed by atoms with Crippen molar-refractivity contribution in [2.45, 2.75) is 0 Å². The van der Waals surface area contributed by atoms with E-state index in [9.17, 15) is 13.2 Å². The third-order valence-corrected chi connectivity index (χ3v) is 1.08.